The number of carbonyl (C=O) groups is 1. The average molecular weight is 235 g/mol. The highest BCUT2D eigenvalue weighted by Gasteiger charge is 2.20. The Morgan fingerprint density at radius 2 is 2.18 bits per heavy atom. The summed E-state index contributed by atoms with van der Waals surface area (Å²) in [4.78, 5) is 32.4. The second-order valence-corrected chi connectivity index (χ2v) is 3.16. The van der Waals surface area contributed by atoms with Crippen molar-refractivity contribution in [2.24, 2.45) is 0 Å². The number of aromatic carboxylic acids is 1. The van der Waals surface area contributed by atoms with Crippen LogP contribution in [0.25, 0.3) is 10.9 Å². The third kappa shape index (κ3) is 1.61. The van der Waals surface area contributed by atoms with Gasteiger partial charge >= 0.3 is 5.97 Å². The van der Waals surface area contributed by atoms with Crippen molar-refractivity contribution in [3.8, 4) is 0 Å². The number of H-pyrrole nitrogens is 1. The van der Waals surface area contributed by atoms with E-state index in [4.69, 9.17) is 5.11 Å². The van der Waals surface area contributed by atoms with Gasteiger partial charge in [0.05, 0.1) is 10.4 Å². The van der Waals surface area contributed by atoms with Crippen molar-refractivity contribution < 1.29 is 14.8 Å². The standard InChI is InChI=1S/C9H5N3O5/c13-8-6-4(10-11-7(8)9(14)15)2-1-3-5(6)12(16)17/h1-3H,(H,10,13)(H,14,15). The number of nitrogens with zero attached hydrogens (tertiary/aromatic N) is 2. The number of nitro benzene ring substituents is 1. The highest BCUT2D eigenvalue weighted by atomic mass is 16.6. The van der Waals surface area contributed by atoms with Gasteiger partial charge in [-0.3, -0.25) is 20.0 Å². The number of carboxylic acid groups (broad SMARTS) is 1. The summed E-state index contributed by atoms with van der Waals surface area (Å²) in [5.74, 6) is -1.54. The van der Waals surface area contributed by atoms with Crippen LogP contribution in [-0.2, 0) is 0 Å². The molecule has 2 aromatic rings. The van der Waals surface area contributed by atoms with Crippen molar-refractivity contribution >= 4 is 22.6 Å². The van der Waals surface area contributed by atoms with Gasteiger partial charge in [0.2, 0.25) is 11.1 Å². The molecule has 0 unspecified atom stereocenters. The minimum absolute atomic E-state index is 0.120. The largest absolute Gasteiger partial charge is 0.476 e. The van der Waals surface area contributed by atoms with E-state index in [1.807, 2.05) is 0 Å². The monoisotopic (exact) mass is 235 g/mol. The van der Waals surface area contributed by atoms with Gasteiger partial charge in [-0.15, -0.1) is 0 Å². The highest BCUT2D eigenvalue weighted by molar-refractivity contribution is 5.93. The zero-order valence-corrected chi connectivity index (χ0v) is 8.21. The Morgan fingerprint density at radius 1 is 1.47 bits per heavy atom. The fraction of sp³-hybridized carbons (Fsp3) is 0. The molecule has 86 valence electrons. The van der Waals surface area contributed by atoms with Gasteiger partial charge in [-0.1, -0.05) is 6.07 Å². The smallest absolute Gasteiger partial charge is 0.360 e. The molecule has 0 fully saturated rings. The molecule has 1 aromatic heterocycles. The number of non-ortho nitro benzene ring substituents is 1. The quantitative estimate of drug-likeness (QED) is 0.577. The van der Waals surface area contributed by atoms with E-state index >= 15 is 0 Å². The van der Waals surface area contributed by atoms with Crippen LogP contribution in [0.3, 0.4) is 0 Å². The molecular formula is C9H5N3O5. The van der Waals surface area contributed by atoms with Gasteiger partial charge < -0.3 is 5.11 Å². The first-order valence-corrected chi connectivity index (χ1v) is 4.41. The van der Waals surface area contributed by atoms with Gasteiger partial charge in [-0.25, -0.2) is 4.79 Å². The molecule has 0 atom stereocenters. The Kier molecular flexibility index (Phi) is 2.32. The molecule has 0 spiro atoms. The van der Waals surface area contributed by atoms with Crippen molar-refractivity contribution in [3.63, 3.8) is 0 Å². The van der Waals surface area contributed by atoms with E-state index < -0.39 is 27.7 Å². The van der Waals surface area contributed by atoms with Crippen LogP contribution >= 0.6 is 0 Å². The van der Waals surface area contributed by atoms with Gasteiger partial charge in [0, 0.05) is 6.07 Å². The van der Waals surface area contributed by atoms with Crippen LogP contribution in [0.5, 0.6) is 0 Å². The third-order valence-corrected chi connectivity index (χ3v) is 2.17. The Morgan fingerprint density at radius 3 is 2.76 bits per heavy atom. The number of aromatic nitrogens is 2. The topological polar surface area (TPSA) is 126 Å². The van der Waals surface area contributed by atoms with Crippen molar-refractivity contribution in [1.29, 1.82) is 0 Å². The Labute approximate surface area is 92.7 Å². The molecule has 8 heteroatoms. The van der Waals surface area contributed by atoms with E-state index in [0.717, 1.165) is 6.07 Å². The summed E-state index contributed by atoms with van der Waals surface area (Å²) in [5.41, 5.74) is -2.08. The normalized spacial score (nSPS) is 10.4. The number of hydrogen-bond donors (Lipinski definition) is 2. The minimum Gasteiger partial charge on any atom is -0.476 e. The molecule has 2 N–H and O–H groups in total. The van der Waals surface area contributed by atoms with Crippen LogP contribution in [0.15, 0.2) is 23.0 Å². The molecule has 17 heavy (non-hydrogen) atoms. The lowest BCUT2D eigenvalue weighted by molar-refractivity contribution is -0.383. The fourth-order valence-electron chi connectivity index (χ4n) is 1.45. The number of nitro groups is 1. The van der Waals surface area contributed by atoms with Gasteiger partial charge in [-0.05, 0) is 6.07 Å². The highest BCUT2D eigenvalue weighted by Crippen LogP contribution is 2.20. The van der Waals surface area contributed by atoms with E-state index in [0.29, 0.717) is 0 Å². The third-order valence-electron chi connectivity index (χ3n) is 2.17. The van der Waals surface area contributed by atoms with Crippen LogP contribution in [-0.4, -0.2) is 26.2 Å². The SMILES string of the molecule is O=C(O)c1n[nH]c2cccc([N+](=O)[O-])c2c1=O. The molecule has 0 aliphatic rings. The average Bonchev–Trinajstić information content (AvgIpc) is 2.28. The predicted molar refractivity (Wildman–Crippen MR) is 56.0 cm³/mol. The molecule has 0 amide bonds. The molecule has 8 nitrogen and oxygen atoms in total. The fourth-order valence-corrected chi connectivity index (χ4v) is 1.45. The maximum Gasteiger partial charge on any atom is 0.360 e. The van der Waals surface area contributed by atoms with Crippen molar-refractivity contribution in [1.82, 2.24) is 10.2 Å². The molecule has 0 saturated carbocycles. The van der Waals surface area contributed by atoms with Gasteiger partial charge in [0.25, 0.3) is 5.69 Å². The molecule has 2 rings (SSSR count). The minimum atomic E-state index is -1.54. The molecule has 0 radical (unpaired) electrons. The molecule has 1 heterocycles. The number of hydrogen-bond acceptors (Lipinski definition) is 5. The number of fused-ring (bicyclic) bond motifs is 1. The van der Waals surface area contributed by atoms with Crippen LogP contribution < -0.4 is 5.43 Å². The second kappa shape index (κ2) is 3.67. The summed E-state index contributed by atoms with van der Waals surface area (Å²) in [6.45, 7) is 0. The molecular weight excluding hydrogens is 230 g/mol. The molecule has 1 aromatic carbocycles. The summed E-state index contributed by atoms with van der Waals surface area (Å²) < 4.78 is 0. The number of benzene rings is 1. The summed E-state index contributed by atoms with van der Waals surface area (Å²) >= 11 is 0. The first kappa shape index (κ1) is 10.7. The Hall–Kier alpha value is -2.77. The first-order valence-electron chi connectivity index (χ1n) is 4.41. The molecule has 0 bridgehead atoms. The van der Waals surface area contributed by atoms with Crippen molar-refractivity contribution in [2.75, 3.05) is 0 Å². The van der Waals surface area contributed by atoms with Crippen molar-refractivity contribution in [3.05, 3.63) is 44.2 Å². The maximum absolute atomic E-state index is 11.7. The predicted octanol–water partition coefficient (Wildman–Crippen LogP) is 0.529. The van der Waals surface area contributed by atoms with Crippen LogP contribution in [0.2, 0.25) is 0 Å². The van der Waals surface area contributed by atoms with Crippen LogP contribution in [0, 0.1) is 10.1 Å². The van der Waals surface area contributed by atoms with E-state index in [1.165, 1.54) is 12.1 Å². The lowest BCUT2D eigenvalue weighted by Crippen LogP contribution is -2.19. The van der Waals surface area contributed by atoms with Crippen molar-refractivity contribution in [2.45, 2.75) is 0 Å². The van der Waals surface area contributed by atoms with Crippen LogP contribution in [0.1, 0.15) is 10.5 Å². The molecule has 0 saturated heterocycles. The van der Waals surface area contributed by atoms with E-state index in [-0.39, 0.29) is 10.9 Å². The summed E-state index contributed by atoms with van der Waals surface area (Å²) in [5, 5.41) is 24.8. The van der Waals surface area contributed by atoms with Gasteiger partial charge in [0.1, 0.15) is 5.39 Å². The summed E-state index contributed by atoms with van der Waals surface area (Å²) in [6.07, 6.45) is 0. The number of rotatable bonds is 2. The second-order valence-electron chi connectivity index (χ2n) is 3.16. The maximum atomic E-state index is 11.7. The lowest BCUT2D eigenvalue weighted by atomic mass is 10.1. The zero-order valence-electron chi connectivity index (χ0n) is 8.21. The number of carboxylic acids is 1. The summed E-state index contributed by atoms with van der Waals surface area (Å²) in [7, 11) is 0. The van der Waals surface area contributed by atoms with Gasteiger partial charge in [0.15, 0.2) is 0 Å². The Balaban J connectivity index is 2.97. The molecule has 0 aliphatic heterocycles. The number of nitrogens with one attached hydrogen (secondary N) is 1. The number of aromatic amines is 1. The lowest BCUT2D eigenvalue weighted by Gasteiger charge is -1.99. The van der Waals surface area contributed by atoms with E-state index in [2.05, 4.69) is 10.2 Å². The first-order chi connectivity index (χ1) is 8.02. The zero-order chi connectivity index (χ0) is 12.6. The summed E-state index contributed by atoms with van der Waals surface area (Å²) in [6, 6.07) is 3.91. The van der Waals surface area contributed by atoms with Gasteiger partial charge in [-0.2, -0.15) is 5.10 Å². The van der Waals surface area contributed by atoms with Crippen LogP contribution in [0.4, 0.5) is 5.69 Å². The van der Waals surface area contributed by atoms with E-state index in [9.17, 15) is 19.7 Å². The molecule has 0 aliphatic carbocycles. The van der Waals surface area contributed by atoms with E-state index in [1.54, 1.807) is 0 Å². The Bertz CT molecular complexity index is 691.